The number of aliphatic hydroxyl groups excluding tert-OH is 10. The molecule has 0 aromatic carbocycles. The van der Waals surface area contributed by atoms with Crippen LogP contribution in [0.1, 0.15) is 72.1 Å². The van der Waals surface area contributed by atoms with Gasteiger partial charge in [-0.1, -0.05) is 13.8 Å². The first-order valence-electron chi connectivity index (χ1n) is 21.6. The molecule has 8 rings (SSSR count). The Morgan fingerprint density at radius 3 is 2.05 bits per heavy atom. The molecular formula is C41H64O19. The van der Waals surface area contributed by atoms with Crippen LogP contribution in [0.25, 0.3) is 0 Å². The molecule has 4 aliphatic heterocycles. The number of carbonyl (C=O) groups excluding carboxylic acids is 1. The molecule has 19 heteroatoms. The largest absolute Gasteiger partial charge is 0.458 e. The van der Waals surface area contributed by atoms with Crippen molar-refractivity contribution in [3.8, 4) is 0 Å². The van der Waals surface area contributed by atoms with Crippen LogP contribution in [0.2, 0.25) is 0 Å². The van der Waals surface area contributed by atoms with Gasteiger partial charge < -0.3 is 89.3 Å². The summed E-state index contributed by atoms with van der Waals surface area (Å²) in [5.74, 6) is -0.185. The van der Waals surface area contributed by atoms with Crippen LogP contribution in [0.15, 0.2) is 11.6 Å². The molecular weight excluding hydrogens is 796 g/mol. The monoisotopic (exact) mass is 860 g/mol. The fourth-order valence-electron chi connectivity index (χ4n) is 12.8. The molecule has 8 aliphatic rings. The molecule has 19 nitrogen and oxygen atoms in total. The molecule has 0 bridgehead atoms. The van der Waals surface area contributed by atoms with Crippen molar-refractivity contribution in [1.82, 2.24) is 0 Å². The first kappa shape index (κ1) is 45.1. The molecule has 4 saturated carbocycles. The van der Waals surface area contributed by atoms with E-state index in [-0.39, 0.29) is 42.7 Å². The number of esters is 1. The topological polar surface area (TPSA) is 304 Å². The second kappa shape index (κ2) is 16.8. The summed E-state index contributed by atoms with van der Waals surface area (Å²) in [5, 5.41) is 119. The molecule has 0 spiro atoms. The smallest absolute Gasteiger partial charge is 0.331 e. The summed E-state index contributed by atoms with van der Waals surface area (Å²) in [6.45, 7) is 4.82. The molecule has 4 heterocycles. The number of hydrogen-bond donors (Lipinski definition) is 11. The Balaban J connectivity index is 0.876. The van der Waals surface area contributed by atoms with E-state index >= 15 is 0 Å². The zero-order chi connectivity index (χ0) is 43.2. The lowest BCUT2D eigenvalue weighted by molar-refractivity contribution is -0.366. The first-order valence-corrected chi connectivity index (χ1v) is 21.6. The lowest BCUT2D eigenvalue weighted by atomic mass is 9.42. The van der Waals surface area contributed by atoms with Crippen LogP contribution in [-0.2, 0) is 38.0 Å². The van der Waals surface area contributed by atoms with E-state index in [9.17, 15) is 61.0 Å². The quantitative estimate of drug-likeness (QED) is 0.0817. The maximum absolute atomic E-state index is 12.6. The van der Waals surface area contributed by atoms with Crippen molar-refractivity contribution in [2.45, 2.75) is 182 Å². The number of cyclic esters (lactones) is 1. The van der Waals surface area contributed by atoms with Gasteiger partial charge in [0, 0.05) is 17.9 Å². The minimum atomic E-state index is -1.84. The third-order valence-corrected chi connectivity index (χ3v) is 16.4. The van der Waals surface area contributed by atoms with Crippen LogP contribution in [0.4, 0.5) is 0 Å². The Labute approximate surface area is 347 Å². The summed E-state index contributed by atoms with van der Waals surface area (Å²) >= 11 is 0. The number of rotatable bonds is 9. The molecule has 60 heavy (non-hydrogen) atoms. The lowest BCUT2D eigenvalue weighted by Gasteiger charge is -2.64. The van der Waals surface area contributed by atoms with Crippen LogP contribution in [0.3, 0.4) is 0 Å². The number of hydrogen-bond acceptors (Lipinski definition) is 19. The molecule has 24 atom stereocenters. The Morgan fingerprint density at radius 1 is 0.717 bits per heavy atom. The van der Waals surface area contributed by atoms with Gasteiger partial charge in [0.25, 0.3) is 0 Å². The summed E-state index contributed by atoms with van der Waals surface area (Å²) < 4.78 is 40.0. The highest BCUT2D eigenvalue weighted by atomic mass is 16.8. The van der Waals surface area contributed by atoms with E-state index in [4.69, 9.17) is 33.2 Å². The first-order chi connectivity index (χ1) is 28.3. The molecule has 0 aromatic heterocycles. The average molecular weight is 861 g/mol. The van der Waals surface area contributed by atoms with E-state index in [0.717, 1.165) is 37.7 Å². The van der Waals surface area contributed by atoms with E-state index in [1.54, 1.807) is 13.0 Å². The summed E-state index contributed by atoms with van der Waals surface area (Å²) in [7, 11) is 0. The molecule has 7 fully saturated rings. The highest BCUT2D eigenvalue weighted by molar-refractivity contribution is 5.85. The lowest BCUT2D eigenvalue weighted by Crippen LogP contribution is -2.66. The van der Waals surface area contributed by atoms with Gasteiger partial charge in [0.15, 0.2) is 18.9 Å². The van der Waals surface area contributed by atoms with E-state index < -0.39 is 134 Å². The Bertz CT molecular complexity index is 1580. The molecule has 0 amide bonds. The average Bonchev–Trinajstić information content (AvgIpc) is 3.77. The summed E-state index contributed by atoms with van der Waals surface area (Å²) in [6, 6.07) is 0. The molecule has 4 aliphatic carbocycles. The van der Waals surface area contributed by atoms with Crippen LogP contribution in [0, 0.1) is 34.5 Å². The number of carbonyl (C=O) groups is 1. The van der Waals surface area contributed by atoms with Gasteiger partial charge in [-0.2, -0.15) is 0 Å². The normalized spacial score (nSPS) is 55.7. The second-order valence-corrected chi connectivity index (χ2v) is 19.2. The van der Waals surface area contributed by atoms with Gasteiger partial charge >= 0.3 is 5.97 Å². The van der Waals surface area contributed by atoms with E-state index in [1.807, 2.05) is 0 Å². The SMILES string of the molecule is C[C@@H]1O[C@@H](O[C@@H]2C[C@H]3CC[C@@H]4C(CC[C@]5(C)C(C6=CC(=O)OC6)CC[C@]45O)[C@@]3(C)[C@H](O)C2)[C@H](O)[C@H](O)[C@H]1O[C@@H]1O[C@H](CO[C@@H]2O[C@H](CO)[C@@H](O)[C@H](O)[C@H]2O)[C@@H](O)[C@H](O)[C@H]1O. The molecule has 11 N–H and O–H groups in total. The predicted octanol–water partition coefficient (Wildman–Crippen LogP) is -2.92. The summed E-state index contributed by atoms with van der Waals surface area (Å²) in [6.07, 6.45) is -17.8. The van der Waals surface area contributed by atoms with Crippen LogP contribution < -0.4 is 0 Å². The van der Waals surface area contributed by atoms with Crippen LogP contribution in [0.5, 0.6) is 0 Å². The van der Waals surface area contributed by atoms with E-state index in [2.05, 4.69) is 13.8 Å². The third-order valence-electron chi connectivity index (χ3n) is 16.4. The summed E-state index contributed by atoms with van der Waals surface area (Å²) in [4.78, 5) is 11.9. The molecule has 0 aromatic rings. The van der Waals surface area contributed by atoms with Gasteiger partial charge in [-0.05, 0) is 86.5 Å². The molecule has 2 unspecified atom stereocenters. The van der Waals surface area contributed by atoms with Gasteiger partial charge in [0.05, 0.1) is 37.1 Å². The number of aliphatic hydroxyl groups is 11. The minimum absolute atomic E-state index is 0.0223. The second-order valence-electron chi connectivity index (χ2n) is 19.2. The predicted molar refractivity (Wildman–Crippen MR) is 200 cm³/mol. The van der Waals surface area contributed by atoms with E-state index in [1.165, 1.54) is 0 Å². The zero-order valence-electron chi connectivity index (χ0n) is 34.2. The standard InChI is InChI=1S/C41H64O19/c1-16-35(60-38-33(51)30(48)28(46)24(59-38)15-55-36-32(50)29(47)27(45)23(13-42)58-36)31(49)34(52)37(56-16)57-19-11-18-4-5-22-21(40(18,3)25(43)12-19)6-8-39(2)20(7-9-41(22,39)53)17-10-26(44)54-14-17/h10,16,18-25,27-38,42-43,45-53H,4-9,11-15H2,1-3H3/t16-,18+,19+,20?,21?,22+,23+,24+,25+,27+,28+,29-,30-,31-,32+,33+,34+,35-,36+,37-,38-,39+,40-,41-/m0/s1. The Kier molecular flexibility index (Phi) is 12.7. The maximum atomic E-state index is 12.6. The van der Waals surface area contributed by atoms with Crippen molar-refractivity contribution in [2.75, 3.05) is 19.8 Å². The highest BCUT2D eigenvalue weighted by Crippen LogP contribution is 2.70. The maximum Gasteiger partial charge on any atom is 0.331 e. The zero-order valence-corrected chi connectivity index (χ0v) is 34.2. The van der Waals surface area contributed by atoms with Crippen molar-refractivity contribution in [3.05, 3.63) is 11.6 Å². The Hall–Kier alpha value is -1.47. The molecule has 342 valence electrons. The molecule has 3 saturated heterocycles. The number of fused-ring (bicyclic) bond motifs is 5. The van der Waals surface area contributed by atoms with Gasteiger partial charge in [-0.3, -0.25) is 0 Å². The van der Waals surface area contributed by atoms with Gasteiger partial charge in [-0.25, -0.2) is 4.79 Å². The van der Waals surface area contributed by atoms with Gasteiger partial charge in [0.1, 0.15) is 73.8 Å². The van der Waals surface area contributed by atoms with E-state index in [0.29, 0.717) is 12.8 Å². The van der Waals surface area contributed by atoms with Crippen molar-refractivity contribution in [1.29, 1.82) is 0 Å². The number of ether oxygens (including phenoxy) is 7. The Morgan fingerprint density at radius 2 is 1.37 bits per heavy atom. The fraction of sp³-hybridized carbons (Fsp3) is 0.927. The molecule has 0 radical (unpaired) electrons. The van der Waals surface area contributed by atoms with Crippen LogP contribution in [-0.4, -0.2) is 192 Å². The van der Waals surface area contributed by atoms with Crippen molar-refractivity contribution in [2.24, 2.45) is 34.5 Å². The third kappa shape index (κ3) is 7.30. The van der Waals surface area contributed by atoms with Crippen molar-refractivity contribution >= 4 is 5.97 Å². The van der Waals surface area contributed by atoms with Crippen molar-refractivity contribution < 1.29 is 94.1 Å². The highest BCUT2D eigenvalue weighted by Gasteiger charge is 2.69. The van der Waals surface area contributed by atoms with Gasteiger partial charge in [-0.15, -0.1) is 0 Å². The van der Waals surface area contributed by atoms with Crippen LogP contribution >= 0.6 is 0 Å². The van der Waals surface area contributed by atoms with Gasteiger partial charge in [0.2, 0.25) is 0 Å². The minimum Gasteiger partial charge on any atom is -0.458 e. The summed E-state index contributed by atoms with van der Waals surface area (Å²) in [5.41, 5.74) is -0.897. The van der Waals surface area contributed by atoms with Crippen molar-refractivity contribution in [3.63, 3.8) is 0 Å². The fourth-order valence-corrected chi connectivity index (χ4v) is 12.8.